The number of nitrogens with zero attached hydrogens (tertiary/aromatic N) is 4. The fourth-order valence-corrected chi connectivity index (χ4v) is 9.88. The maximum Gasteiger partial charge on any atom is 0.561 e. The van der Waals surface area contributed by atoms with Crippen LogP contribution in [-0.4, -0.2) is 130 Å². The Hall–Kier alpha value is -6.25. The quantitative estimate of drug-likeness (QED) is 0.0530. The highest BCUT2D eigenvalue weighted by molar-refractivity contribution is 6.74. The number of aliphatic hydroxyl groups excluding tert-OH is 1. The van der Waals surface area contributed by atoms with Crippen LogP contribution in [0.2, 0.25) is 36.3 Å². The average molecular weight is 1040 g/mol. The highest BCUT2D eigenvalue weighted by Gasteiger charge is 2.68. The number of β-lactam (4-membered cyclic amide) rings is 2. The van der Waals surface area contributed by atoms with Gasteiger partial charge in [0.05, 0.1) is 34.2 Å². The van der Waals surface area contributed by atoms with Crippen LogP contribution >= 0.6 is 0 Å². The van der Waals surface area contributed by atoms with Crippen LogP contribution in [0.4, 0.5) is 14.4 Å². The predicted octanol–water partition coefficient (Wildman–Crippen LogP) is 7.90. The van der Waals surface area contributed by atoms with Gasteiger partial charge in [-0.05, 0) is 65.6 Å². The molecule has 390 valence electrons. The van der Waals surface area contributed by atoms with Gasteiger partial charge in [-0.3, -0.25) is 28.9 Å². The van der Waals surface area contributed by atoms with Gasteiger partial charge in [-0.15, -0.1) is 0 Å². The number of nitriles is 1. The second-order valence-corrected chi connectivity index (χ2v) is 29.9. The molecule has 72 heavy (non-hydrogen) atoms. The number of ether oxygens (including phenoxy) is 5. The van der Waals surface area contributed by atoms with Gasteiger partial charge in [0.2, 0.25) is 17.4 Å². The normalized spacial score (nSPS) is 25.5. The molecule has 0 saturated carbocycles. The van der Waals surface area contributed by atoms with Crippen molar-refractivity contribution in [3.63, 3.8) is 0 Å². The maximum absolute atomic E-state index is 12.8. The van der Waals surface area contributed by atoms with E-state index in [1.807, 2.05) is 114 Å². The number of hydrogen-bond acceptors (Lipinski definition) is 17. The molecule has 1 N–H and O–H groups in total. The SMILES string of the molecule is CC(C)(C)[Si](C)(C)O[C@@H]1C(=O)C=C[C@]2(CC(=O)N2OCc2ccccc2)[C@@H]1O.COC(=O)O[C@@H]1[C@H](O[Si](C)(C)C(C)(C)C)[C@@](C#N)(OC(=O)OC)C=C[C@]12CC(=O)N2OCc1ccccc1.[C-]#[N+]C(=O)OC. The minimum atomic E-state index is -2.72. The smallest absolute Gasteiger partial charge is 0.488 e. The van der Waals surface area contributed by atoms with Crippen molar-refractivity contribution in [1.29, 1.82) is 5.26 Å². The summed E-state index contributed by atoms with van der Waals surface area (Å²) in [6.07, 6.45) is -2.15. The molecule has 2 heterocycles. The molecule has 0 aromatic heterocycles. The lowest BCUT2D eigenvalue weighted by molar-refractivity contribution is -0.282. The zero-order valence-electron chi connectivity index (χ0n) is 43.1. The number of hydroxylamine groups is 4. The second kappa shape index (κ2) is 23.1. The first-order valence-corrected chi connectivity index (χ1v) is 28.7. The van der Waals surface area contributed by atoms with Crippen LogP contribution < -0.4 is 0 Å². The van der Waals surface area contributed by atoms with Crippen molar-refractivity contribution in [2.75, 3.05) is 21.3 Å². The van der Waals surface area contributed by atoms with Gasteiger partial charge >= 0.3 is 18.4 Å². The lowest BCUT2D eigenvalue weighted by Crippen LogP contribution is -2.76. The van der Waals surface area contributed by atoms with Gasteiger partial charge in [-0.1, -0.05) is 108 Å². The molecule has 3 amide bonds. The minimum Gasteiger partial charge on any atom is -0.488 e. The number of hydrogen-bond donors (Lipinski definition) is 1. The molecule has 2 fully saturated rings. The Balaban J connectivity index is 0.000000290. The van der Waals surface area contributed by atoms with E-state index in [9.17, 15) is 39.1 Å². The molecule has 2 aliphatic heterocycles. The molecule has 6 rings (SSSR count). The standard InChI is InChI=1S/C26H34N2O9Si.C21H29NO5Si.C3H3NO2/c1-24(2,3)38(6,7)37-21-20(35-22(30)32-4)25(13-14-26(21,17-27)36-23(31)33-5)15-19(29)28(25)34-16-18-11-9-8-10-12-18;1-20(2,3)28(4,5)27-18-16(23)11-12-21(19(18)25)13-17(24)22(21)26-14-15-9-7-6-8-10-15;1-4-3(5)6-2/h8-14,20-21H,15-16H2,1-7H3;6-12,18-19,25H,13-14H2,1-5H3;2H3/t20-,21+,25+,26-;18-,19-,21+;/m11./s1. The molecule has 2 aromatic carbocycles. The third-order valence-corrected chi connectivity index (χ3v) is 22.5. The van der Waals surface area contributed by atoms with Crippen LogP contribution in [0, 0.1) is 17.9 Å². The number of methoxy groups -OCH3 is 3. The van der Waals surface area contributed by atoms with Crippen molar-refractivity contribution in [3.8, 4) is 6.07 Å². The van der Waals surface area contributed by atoms with E-state index in [2.05, 4.69) is 35.1 Å². The first-order valence-electron chi connectivity index (χ1n) is 22.9. The maximum atomic E-state index is 12.8. The van der Waals surface area contributed by atoms with Crippen molar-refractivity contribution in [2.24, 2.45) is 0 Å². The van der Waals surface area contributed by atoms with E-state index in [0.717, 1.165) is 30.4 Å². The molecule has 2 saturated heterocycles. The summed E-state index contributed by atoms with van der Waals surface area (Å²) in [6, 6.07) is 20.7. The van der Waals surface area contributed by atoms with Gasteiger partial charge in [0.1, 0.15) is 55.2 Å². The van der Waals surface area contributed by atoms with Gasteiger partial charge in [0, 0.05) is 0 Å². The van der Waals surface area contributed by atoms with E-state index in [1.165, 1.54) is 30.4 Å². The van der Waals surface area contributed by atoms with Crippen LogP contribution in [0.5, 0.6) is 0 Å². The van der Waals surface area contributed by atoms with Gasteiger partial charge < -0.3 is 37.6 Å². The summed E-state index contributed by atoms with van der Waals surface area (Å²) in [6.45, 7) is 26.4. The van der Waals surface area contributed by atoms with Gasteiger partial charge in [-0.25, -0.2) is 19.7 Å². The number of aliphatic hydroxyl groups is 1. The molecular formula is C50H66N4O16Si2. The van der Waals surface area contributed by atoms with E-state index >= 15 is 0 Å². The molecule has 7 atom stereocenters. The van der Waals surface area contributed by atoms with Crippen molar-refractivity contribution in [3.05, 3.63) is 108 Å². The molecule has 2 spiro atoms. The van der Waals surface area contributed by atoms with E-state index in [4.69, 9.17) is 39.3 Å². The summed E-state index contributed by atoms with van der Waals surface area (Å²) >= 11 is 0. The van der Waals surface area contributed by atoms with Gasteiger partial charge in [0.15, 0.2) is 28.5 Å². The predicted molar refractivity (Wildman–Crippen MR) is 262 cm³/mol. The highest BCUT2D eigenvalue weighted by atomic mass is 28.4. The summed E-state index contributed by atoms with van der Waals surface area (Å²) in [7, 11) is -1.60. The third-order valence-electron chi connectivity index (χ3n) is 13.6. The summed E-state index contributed by atoms with van der Waals surface area (Å²) in [5, 5.41) is 23.3. The molecule has 2 aliphatic carbocycles. The molecule has 0 bridgehead atoms. The van der Waals surface area contributed by atoms with E-state index in [0.29, 0.717) is 0 Å². The first-order chi connectivity index (χ1) is 33.5. The first kappa shape index (κ1) is 58.3. The number of ketones is 1. The molecule has 0 unspecified atom stereocenters. The van der Waals surface area contributed by atoms with E-state index in [1.54, 1.807) is 6.08 Å². The molecule has 4 aliphatic rings. The molecule has 2 aromatic rings. The van der Waals surface area contributed by atoms with E-state index < -0.39 is 76.1 Å². The van der Waals surface area contributed by atoms with E-state index in [-0.39, 0.29) is 53.7 Å². The van der Waals surface area contributed by atoms with Crippen molar-refractivity contribution in [2.45, 2.75) is 145 Å². The van der Waals surface area contributed by atoms with Crippen LogP contribution in [0.1, 0.15) is 65.5 Å². The van der Waals surface area contributed by atoms with Crippen molar-refractivity contribution >= 4 is 52.6 Å². The minimum absolute atomic E-state index is 0.0585. The highest BCUT2D eigenvalue weighted by Crippen LogP contribution is 2.50. The zero-order valence-corrected chi connectivity index (χ0v) is 45.1. The average Bonchev–Trinajstić information content (AvgIpc) is 3.32. The summed E-state index contributed by atoms with van der Waals surface area (Å²) in [4.78, 5) is 86.0. The van der Waals surface area contributed by atoms with Crippen LogP contribution in [0.25, 0.3) is 4.85 Å². The largest absolute Gasteiger partial charge is 0.561 e. The molecule has 22 heteroatoms. The second-order valence-electron chi connectivity index (χ2n) is 20.4. The van der Waals surface area contributed by atoms with Gasteiger partial charge in [0.25, 0.3) is 0 Å². The number of amides is 3. The lowest BCUT2D eigenvalue weighted by Gasteiger charge is -2.57. The summed E-state index contributed by atoms with van der Waals surface area (Å²) in [5.41, 5.74) is -2.74. The van der Waals surface area contributed by atoms with Crippen LogP contribution in [0.15, 0.2) is 85.0 Å². The van der Waals surface area contributed by atoms with Crippen molar-refractivity contribution < 1.29 is 76.1 Å². The fraction of sp³-hybridized carbons (Fsp3) is 0.520. The Morgan fingerprint density at radius 1 is 0.722 bits per heavy atom. The molecule has 0 radical (unpaired) electrons. The fourth-order valence-electron chi connectivity index (χ4n) is 7.36. The van der Waals surface area contributed by atoms with Crippen LogP contribution in [0.3, 0.4) is 0 Å². The van der Waals surface area contributed by atoms with Crippen molar-refractivity contribution in [1.82, 2.24) is 10.1 Å². The number of carbonyl (C=O) groups is 6. The summed E-state index contributed by atoms with van der Waals surface area (Å²) in [5.74, 6) is -0.862. The van der Waals surface area contributed by atoms with Gasteiger partial charge in [-0.2, -0.15) is 10.1 Å². The number of benzene rings is 2. The summed E-state index contributed by atoms with van der Waals surface area (Å²) < 4.78 is 37.4. The van der Waals surface area contributed by atoms with Crippen LogP contribution in [-0.2, 0) is 69.8 Å². The third kappa shape index (κ3) is 12.7. The Morgan fingerprint density at radius 2 is 1.19 bits per heavy atom. The monoisotopic (exact) mass is 1030 g/mol. The Labute approximate surface area is 422 Å². The Morgan fingerprint density at radius 3 is 1.61 bits per heavy atom. The Bertz CT molecular complexity index is 2450. The molecule has 20 nitrogen and oxygen atoms in total. The Kier molecular flexibility index (Phi) is 18.7. The zero-order chi connectivity index (χ0) is 54.1. The lowest BCUT2D eigenvalue weighted by atomic mass is 9.70. The topological polar surface area (TPSA) is 240 Å². The number of carbonyl (C=O) groups excluding carboxylic acids is 6. The molecular weight excluding hydrogens is 969 g/mol. The number of rotatable bonds is 12.